The summed E-state index contributed by atoms with van der Waals surface area (Å²) in [4.78, 5) is 19.0. The lowest BCUT2D eigenvalue weighted by Gasteiger charge is -2.38. The van der Waals surface area contributed by atoms with Gasteiger partial charge in [0.25, 0.3) is 0 Å². The molecule has 1 aliphatic heterocycles. The van der Waals surface area contributed by atoms with E-state index in [0.717, 1.165) is 58.2 Å². The molecule has 2 fully saturated rings. The van der Waals surface area contributed by atoms with Crippen LogP contribution in [0.4, 0.5) is 0 Å². The number of amides is 1. The second kappa shape index (κ2) is 8.77. The van der Waals surface area contributed by atoms with Gasteiger partial charge in [-0.05, 0) is 62.1 Å². The van der Waals surface area contributed by atoms with E-state index in [9.17, 15) is 4.79 Å². The molecule has 2 heterocycles. The third-order valence-corrected chi connectivity index (χ3v) is 5.70. The highest BCUT2D eigenvalue weighted by molar-refractivity contribution is 5.79. The summed E-state index contributed by atoms with van der Waals surface area (Å²) in [6, 6.07) is 4.18. The van der Waals surface area contributed by atoms with Crippen molar-refractivity contribution in [3.63, 3.8) is 0 Å². The SMILES string of the molecule is CCCO[C@@H]1CC[C@H](C(=O)N2CCC(c3ccncc3)CC2)C[C@H]1N. The summed E-state index contributed by atoms with van der Waals surface area (Å²) in [7, 11) is 0. The summed E-state index contributed by atoms with van der Waals surface area (Å²) in [5, 5.41) is 0. The summed E-state index contributed by atoms with van der Waals surface area (Å²) in [5.41, 5.74) is 7.62. The monoisotopic (exact) mass is 345 g/mol. The predicted octanol–water partition coefficient (Wildman–Crippen LogP) is 2.71. The molecule has 3 atom stereocenters. The van der Waals surface area contributed by atoms with Gasteiger partial charge in [0.05, 0.1) is 6.10 Å². The van der Waals surface area contributed by atoms with Gasteiger partial charge in [-0.2, -0.15) is 0 Å². The van der Waals surface area contributed by atoms with Crippen LogP contribution in [-0.4, -0.2) is 47.6 Å². The quantitative estimate of drug-likeness (QED) is 0.891. The molecule has 1 saturated heterocycles. The van der Waals surface area contributed by atoms with Crippen LogP contribution < -0.4 is 5.73 Å². The maximum absolute atomic E-state index is 12.9. The standard InChI is InChI=1S/C20H31N3O2/c1-2-13-25-19-4-3-17(14-18(19)21)20(24)23-11-7-16(8-12-23)15-5-9-22-10-6-15/h5-6,9-10,16-19H,2-4,7-8,11-14,21H2,1H3/t17-,18+,19+/m0/s1. The van der Waals surface area contributed by atoms with Crippen molar-refractivity contribution < 1.29 is 9.53 Å². The normalized spacial score (nSPS) is 28.1. The lowest BCUT2D eigenvalue weighted by molar-refractivity contribution is -0.139. The van der Waals surface area contributed by atoms with Gasteiger partial charge in [0.2, 0.25) is 5.91 Å². The number of pyridine rings is 1. The van der Waals surface area contributed by atoms with Gasteiger partial charge in [0.15, 0.2) is 0 Å². The van der Waals surface area contributed by atoms with E-state index in [1.54, 1.807) is 0 Å². The molecule has 138 valence electrons. The van der Waals surface area contributed by atoms with Crippen molar-refractivity contribution in [2.45, 2.75) is 63.5 Å². The topological polar surface area (TPSA) is 68.5 Å². The molecule has 0 bridgehead atoms. The van der Waals surface area contributed by atoms with E-state index in [4.69, 9.17) is 10.5 Å². The molecule has 25 heavy (non-hydrogen) atoms. The number of hydrogen-bond donors (Lipinski definition) is 1. The minimum atomic E-state index is -0.0105. The van der Waals surface area contributed by atoms with E-state index in [2.05, 4.69) is 28.9 Å². The van der Waals surface area contributed by atoms with E-state index in [-0.39, 0.29) is 18.1 Å². The molecule has 0 spiro atoms. The third kappa shape index (κ3) is 4.59. The highest BCUT2D eigenvalue weighted by atomic mass is 16.5. The third-order valence-electron chi connectivity index (χ3n) is 5.70. The number of carbonyl (C=O) groups is 1. The van der Waals surface area contributed by atoms with Gasteiger partial charge in [0.1, 0.15) is 0 Å². The molecular weight excluding hydrogens is 314 g/mol. The lowest BCUT2D eigenvalue weighted by atomic mass is 9.82. The Morgan fingerprint density at radius 1 is 1.24 bits per heavy atom. The first-order valence-electron chi connectivity index (χ1n) is 9.75. The Kier molecular flexibility index (Phi) is 6.43. The summed E-state index contributed by atoms with van der Waals surface area (Å²) >= 11 is 0. The zero-order chi connectivity index (χ0) is 17.6. The number of hydrogen-bond acceptors (Lipinski definition) is 4. The fourth-order valence-electron chi connectivity index (χ4n) is 4.21. The van der Waals surface area contributed by atoms with Crippen LogP contribution >= 0.6 is 0 Å². The van der Waals surface area contributed by atoms with Crippen molar-refractivity contribution in [2.24, 2.45) is 11.7 Å². The number of nitrogens with two attached hydrogens (primary N) is 1. The Morgan fingerprint density at radius 3 is 2.60 bits per heavy atom. The van der Waals surface area contributed by atoms with E-state index in [0.29, 0.717) is 11.8 Å². The average molecular weight is 345 g/mol. The number of aromatic nitrogens is 1. The maximum Gasteiger partial charge on any atom is 0.225 e. The first-order valence-corrected chi connectivity index (χ1v) is 9.75. The van der Waals surface area contributed by atoms with Crippen LogP contribution in [-0.2, 0) is 9.53 Å². The van der Waals surface area contributed by atoms with E-state index >= 15 is 0 Å². The highest BCUT2D eigenvalue weighted by Crippen LogP contribution is 2.31. The molecule has 5 nitrogen and oxygen atoms in total. The molecule has 0 radical (unpaired) electrons. The Morgan fingerprint density at radius 2 is 1.96 bits per heavy atom. The van der Waals surface area contributed by atoms with Crippen LogP contribution in [0.1, 0.15) is 56.9 Å². The molecule has 0 aromatic carbocycles. The summed E-state index contributed by atoms with van der Waals surface area (Å²) in [6.07, 6.45) is 9.50. The lowest BCUT2D eigenvalue weighted by Crippen LogP contribution is -2.48. The van der Waals surface area contributed by atoms with Gasteiger partial charge < -0.3 is 15.4 Å². The zero-order valence-corrected chi connectivity index (χ0v) is 15.3. The van der Waals surface area contributed by atoms with Crippen molar-refractivity contribution >= 4 is 5.91 Å². The Labute approximate surface area is 150 Å². The van der Waals surface area contributed by atoms with Crippen molar-refractivity contribution in [3.05, 3.63) is 30.1 Å². The zero-order valence-electron chi connectivity index (χ0n) is 15.3. The number of likely N-dealkylation sites (tertiary alicyclic amines) is 1. The number of carbonyl (C=O) groups excluding carboxylic acids is 1. The minimum Gasteiger partial charge on any atom is -0.377 e. The average Bonchev–Trinajstić information content (AvgIpc) is 2.67. The van der Waals surface area contributed by atoms with Crippen molar-refractivity contribution in [1.29, 1.82) is 0 Å². The van der Waals surface area contributed by atoms with Crippen molar-refractivity contribution in [3.8, 4) is 0 Å². The first-order chi connectivity index (χ1) is 12.2. The molecule has 3 rings (SSSR count). The number of piperidine rings is 1. The van der Waals surface area contributed by atoms with E-state index in [1.807, 2.05) is 12.4 Å². The van der Waals surface area contributed by atoms with Crippen LogP contribution in [0.15, 0.2) is 24.5 Å². The molecular formula is C20H31N3O2. The first kappa shape index (κ1) is 18.3. The Balaban J connectivity index is 1.48. The Bertz CT molecular complexity index is 543. The van der Waals surface area contributed by atoms with E-state index in [1.165, 1.54) is 5.56 Å². The predicted molar refractivity (Wildman–Crippen MR) is 98.1 cm³/mol. The fraction of sp³-hybridized carbons (Fsp3) is 0.700. The number of nitrogens with zero attached hydrogens (tertiary/aromatic N) is 2. The van der Waals surface area contributed by atoms with Gasteiger partial charge in [-0.15, -0.1) is 0 Å². The van der Waals surface area contributed by atoms with Gasteiger partial charge in [-0.3, -0.25) is 9.78 Å². The molecule has 1 saturated carbocycles. The summed E-state index contributed by atoms with van der Waals surface area (Å²) in [5.74, 6) is 0.930. The molecule has 0 unspecified atom stereocenters. The van der Waals surface area contributed by atoms with Gasteiger partial charge in [-0.1, -0.05) is 6.92 Å². The van der Waals surface area contributed by atoms with Crippen molar-refractivity contribution in [1.82, 2.24) is 9.88 Å². The maximum atomic E-state index is 12.9. The molecule has 1 amide bonds. The van der Waals surface area contributed by atoms with Crippen LogP contribution in [0.5, 0.6) is 0 Å². The molecule has 2 aliphatic rings. The second-order valence-corrected chi connectivity index (χ2v) is 7.46. The second-order valence-electron chi connectivity index (χ2n) is 7.46. The molecule has 1 aliphatic carbocycles. The largest absolute Gasteiger partial charge is 0.377 e. The van der Waals surface area contributed by atoms with Gasteiger partial charge >= 0.3 is 0 Å². The molecule has 1 aromatic heterocycles. The highest BCUT2D eigenvalue weighted by Gasteiger charge is 2.35. The molecule has 2 N–H and O–H groups in total. The van der Waals surface area contributed by atoms with E-state index < -0.39 is 0 Å². The van der Waals surface area contributed by atoms with Crippen LogP contribution in [0.2, 0.25) is 0 Å². The van der Waals surface area contributed by atoms with Crippen LogP contribution in [0.3, 0.4) is 0 Å². The Hall–Kier alpha value is -1.46. The fourth-order valence-corrected chi connectivity index (χ4v) is 4.21. The molecule has 5 heteroatoms. The summed E-state index contributed by atoms with van der Waals surface area (Å²) < 4.78 is 5.83. The summed E-state index contributed by atoms with van der Waals surface area (Å²) in [6.45, 7) is 4.58. The smallest absolute Gasteiger partial charge is 0.225 e. The van der Waals surface area contributed by atoms with Crippen LogP contribution in [0.25, 0.3) is 0 Å². The number of rotatable bonds is 5. The van der Waals surface area contributed by atoms with Crippen LogP contribution in [0, 0.1) is 5.92 Å². The molecule has 1 aromatic rings. The number of ether oxygens (including phenoxy) is 1. The van der Waals surface area contributed by atoms with Gasteiger partial charge in [0, 0.05) is 44.0 Å². The van der Waals surface area contributed by atoms with Gasteiger partial charge in [-0.25, -0.2) is 0 Å². The van der Waals surface area contributed by atoms with Crippen molar-refractivity contribution in [2.75, 3.05) is 19.7 Å². The minimum absolute atomic E-state index is 0.0105.